The maximum absolute atomic E-state index is 14.2. The van der Waals surface area contributed by atoms with Crippen molar-refractivity contribution in [2.75, 3.05) is 33.0 Å². The molecule has 61 heavy (non-hydrogen) atoms. The van der Waals surface area contributed by atoms with Gasteiger partial charge in [-0.1, -0.05) is 55.1 Å². The molecule has 0 bridgehead atoms. The lowest BCUT2D eigenvalue weighted by Gasteiger charge is -2.32. The van der Waals surface area contributed by atoms with E-state index in [4.69, 9.17) is 30.4 Å². The maximum atomic E-state index is 14.2. The number of ether oxygens (including phenoxy) is 2. The number of rotatable bonds is 12. The Morgan fingerprint density at radius 2 is 1.43 bits per heavy atom. The van der Waals surface area contributed by atoms with Gasteiger partial charge in [0.1, 0.15) is 41.0 Å². The fraction of sp³-hybridized carbons (Fsp3) is 0.209. The molecule has 314 valence electrons. The van der Waals surface area contributed by atoms with E-state index in [1.807, 2.05) is 28.9 Å². The second-order valence-corrected chi connectivity index (χ2v) is 13.9. The number of nitrogen functional groups attached to an aromatic ring is 1. The standard InChI is InChI=1S/C28H28FN7O3.C15H15BFNO4/c1-3-23(37)35-12-4-5-19(15-35)36-27-24(26(30)32-16-33-27)25(34-36)18-8-6-17(7-9-18)14-31-28(38)21-11-10-20(39-2)13-22(21)29;1-22-12-6-7-13(14(17)8-12)15(19)18-9-10-2-4-11(5-3-10)16(20)21/h3,6-11,13,16,19H,1,4-5,12,14-15H2,2H3,(H,31,38)(H2,30,32,33);2-8,20-21H,9H2,1H3,(H,18,19)/t19-;/m1./s1. The summed E-state index contributed by atoms with van der Waals surface area (Å²) >= 11 is 0. The number of carbonyl (C=O) groups excluding carboxylic acids is 3. The number of methoxy groups -OCH3 is 2. The summed E-state index contributed by atoms with van der Waals surface area (Å²) in [6.45, 7) is 5.18. The third kappa shape index (κ3) is 10.3. The molecule has 0 aliphatic carbocycles. The number of hydrogen-bond donors (Lipinski definition) is 5. The van der Waals surface area contributed by atoms with Crippen molar-refractivity contribution in [3.05, 3.63) is 138 Å². The molecular weight excluding hydrogens is 789 g/mol. The van der Waals surface area contributed by atoms with Crippen LogP contribution in [0.2, 0.25) is 0 Å². The first-order valence-electron chi connectivity index (χ1n) is 19.1. The first-order valence-corrected chi connectivity index (χ1v) is 19.1. The van der Waals surface area contributed by atoms with E-state index in [1.165, 1.54) is 57.0 Å². The number of nitrogens with two attached hydrogens (primary N) is 1. The molecule has 7 rings (SSSR count). The van der Waals surface area contributed by atoms with E-state index in [1.54, 1.807) is 29.2 Å². The predicted octanol–water partition coefficient (Wildman–Crippen LogP) is 3.95. The number of carbonyl (C=O) groups is 3. The zero-order chi connectivity index (χ0) is 43.6. The number of amides is 3. The van der Waals surface area contributed by atoms with Gasteiger partial charge in [-0.25, -0.2) is 23.4 Å². The Labute approximate surface area is 350 Å². The number of nitrogens with zero attached hydrogens (tertiary/aromatic N) is 5. The van der Waals surface area contributed by atoms with Crippen LogP contribution in [-0.2, 0) is 17.9 Å². The molecule has 15 nitrogen and oxygen atoms in total. The molecule has 1 saturated heterocycles. The summed E-state index contributed by atoms with van der Waals surface area (Å²) in [6.07, 6.45) is 4.41. The van der Waals surface area contributed by atoms with Crippen LogP contribution < -0.4 is 31.3 Å². The van der Waals surface area contributed by atoms with Gasteiger partial charge >= 0.3 is 7.12 Å². The van der Waals surface area contributed by atoms with Crippen LogP contribution in [0.3, 0.4) is 0 Å². The third-order valence-electron chi connectivity index (χ3n) is 10.00. The van der Waals surface area contributed by atoms with E-state index in [-0.39, 0.29) is 36.2 Å². The summed E-state index contributed by atoms with van der Waals surface area (Å²) in [6, 6.07) is 21.9. The minimum atomic E-state index is -1.53. The van der Waals surface area contributed by atoms with Crippen molar-refractivity contribution in [3.8, 4) is 22.8 Å². The predicted molar refractivity (Wildman–Crippen MR) is 225 cm³/mol. The van der Waals surface area contributed by atoms with Crippen molar-refractivity contribution in [3.63, 3.8) is 0 Å². The number of piperidine rings is 1. The van der Waals surface area contributed by atoms with Gasteiger partial charge in [0.05, 0.1) is 36.8 Å². The molecule has 1 aliphatic heterocycles. The number of fused-ring (bicyclic) bond motifs is 1. The average molecular weight is 833 g/mol. The molecule has 1 atom stereocenters. The maximum Gasteiger partial charge on any atom is 0.488 e. The first-order chi connectivity index (χ1) is 29.4. The summed E-state index contributed by atoms with van der Waals surface area (Å²) in [5, 5.41) is 28.8. The molecule has 3 heterocycles. The second-order valence-electron chi connectivity index (χ2n) is 13.9. The van der Waals surface area contributed by atoms with E-state index in [2.05, 4.69) is 27.2 Å². The van der Waals surface area contributed by atoms with Gasteiger partial charge < -0.3 is 40.8 Å². The Balaban J connectivity index is 0.000000240. The monoisotopic (exact) mass is 832 g/mol. The smallest absolute Gasteiger partial charge is 0.488 e. The van der Waals surface area contributed by atoms with Crippen LogP contribution in [0.5, 0.6) is 11.5 Å². The van der Waals surface area contributed by atoms with Gasteiger partial charge in [-0.2, -0.15) is 5.10 Å². The Hall–Kier alpha value is -7.18. The number of aromatic nitrogens is 4. The van der Waals surface area contributed by atoms with Crippen LogP contribution in [0, 0.1) is 11.6 Å². The van der Waals surface area contributed by atoms with E-state index >= 15 is 0 Å². The summed E-state index contributed by atoms with van der Waals surface area (Å²) in [5.74, 6) is -1.48. The fourth-order valence-corrected chi connectivity index (χ4v) is 6.69. The van der Waals surface area contributed by atoms with Crippen molar-refractivity contribution in [2.24, 2.45) is 0 Å². The van der Waals surface area contributed by atoms with Gasteiger partial charge in [-0.15, -0.1) is 0 Å². The minimum absolute atomic E-state index is 0.0593. The molecule has 6 N–H and O–H groups in total. The zero-order valence-corrected chi connectivity index (χ0v) is 33.3. The molecule has 0 radical (unpaired) electrons. The van der Waals surface area contributed by atoms with Gasteiger partial charge in [-0.05, 0) is 59.8 Å². The lowest BCUT2D eigenvalue weighted by molar-refractivity contribution is -0.127. The van der Waals surface area contributed by atoms with E-state index < -0.39 is 30.6 Å². The lowest BCUT2D eigenvalue weighted by atomic mass is 9.80. The number of halogens is 2. The van der Waals surface area contributed by atoms with Crippen molar-refractivity contribution in [2.45, 2.75) is 32.0 Å². The van der Waals surface area contributed by atoms with E-state index in [0.717, 1.165) is 35.6 Å². The molecule has 3 amide bonds. The second kappa shape index (κ2) is 19.7. The van der Waals surface area contributed by atoms with Gasteiger partial charge in [0.2, 0.25) is 5.91 Å². The van der Waals surface area contributed by atoms with E-state index in [9.17, 15) is 23.2 Å². The minimum Gasteiger partial charge on any atom is -0.497 e. The van der Waals surface area contributed by atoms with Crippen LogP contribution in [0.4, 0.5) is 14.6 Å². The molecule has 1 aliphatic rings. The summed E-state index contributed by atoms with van der Waals surface area (Å²) < 4.78 is 39.7. The number of likely N-dealkylation sites (tertiary alicyclic amines) is 1. The molecule has 1 fully saturated rings. The molecule has 0 unspecified atom stereocenters. The number of nitrogens with one attached hydrogen (secondary N) is 2. The summed E-state index contributed by atoms with van der Waals surface area (Å²) in [7, 11) is 1.32. The topological polar surface area (TPSA) is 207 Å². The lowest BCUT2D eigenvalue weighted by Crippen LogP contribution is -2.40. The van der Waals surface area contributed by atoms with Gasteiger partial charge in [-0.3, -0.25) is 14.4 Å². The Bertz CT molecular complexity index is 2540. The van der Waals surface area contributed by atoms with Crippen molar-refractivity contribution >= 4 is 47.2 Å². The number of anilines is 1. The highest BCUT2D eigenvalue weighted by atomic mass is 19.1. The quantitative estimate of drug-likeness (QED) is 0.0882. The van der Waals surface area contributed by atoms with Crippen molar-refractivity contribution in [1.29, 1.82) is 0 Å². The van der Waals surface area contributed by atoms with Crippen LogP contribution in [0.15, 0.2) is 104 Å². The molecule has 0 spiro atoms. The highest BCUT2D eigenvalue weighted by molar-refractivity contribution is 6.58. The molecule has 0 saturated carbocycles. The summed E-state index contributed by atoms with van der Waals surface area (Å²) in [4.78, 5) is 47.1. The van der Waals surface area contributed by atoms with Gasteiger partial charge in [0.25, 0.3) is 11.8 Å². The number of benzene rings is 4. The van der Waals surface area contributed by atoms with Crippen molar-refractivity contribution in [1.82, 2.24) is 35.3 Å². The Morgan fingerprint density at radius 3 is 1.93 bits per heavy atom. The molecular formula is C43H43BF2N8O7. The largest absolute Gasteiger partial charge is 0.497 e. The highest BCUT2D eigenvalue weighted by Crippen LogP contribution is 2.34. The average Bonchev–Trinajstić information content (AvgIpc) is 3.68. The first kappa shape index (κ1) is 43.4. The Morgan fingerprint density at radius 1 is 0.869 bits per heavy atom. The van der Waals surface area contributed by atoms with Gasteiger partial charge in [0.15, 0.2) is 5.65 Å². The normalized spacial score (nSPS) is 13.4. The van der Waals surface area contributed by atoms with Crippen LogP contribution >= 0.6 is 0 Å². The van der Waals surface area contributed by atoms with Crippen LogP contribution in [-0.4, -0.2) is 86.8 Å². The van der Waals surface area contributed by atoms with E-state index in [0.29, 0.717) is 52.6 Å². The highest BCUT2D eigenvalue weighted by Gasteiger charge is 2.28. The molecule has 6 aromatic rings. The van der Waals surface area contributed by atoms with Crippen LogP contribution in [0.25, 0.3) is 22.3 Å². The zero-order valence-electron chi connectivity index (χ0n) is 33.3. The number of hydrogen-bond acceptors (Lipinski definition) is 11. The molecule has 2 aromatic heterocycles. The Kier molecular flexibility index (Phi) is 14.0. The summed E-state index contributed by atoms with van der Waals surface area (Å²) in [5.41, 5.74) is 10.1. The third-order valence-corrected chi connectivity index (χ3v) is 10.00. The molecule has 18 heteroatoms. The van der Waals surface area contributed by atoms with Crippen LogP contribution in [0.1, 0.15) is 50.7 Å². The van der Waals surface area contributed by atoms with Crippen molar-refractivity contribution < 1.29 is 42.7 Å². The SMILES string of the molecule is C=CC(=O)N1CCC[C@@H](n2nc(-c3ccc(CNC(=O)c4ccc(OC)cc4F)cc3)c3c(N)ncnc32)C1.COc1ccc(C(=O)NCc2ccc(B(O)O)cc2)c(F)c1. The van der Waals surface area contributed by atoms with Gasteiger partial charge in [0, 0.05) is 43.9 Å². The fourth-order valence-electron chi connectivity index (χ4n) is 6.69. The molecule has 4 aromatic carbocycles.